The molecule has 0 aliphatic heterocycles. The number of aryl methyl sites for hydroxylation is 1. The van der Waals surface area contributed by atoms with Gasteiger partial charge in [-0.1, -0.05) is 28.1 Å². The van der Waals surface area contributed by atoms with Crippen molar-refractivity contribution < 1.29 is 9.53 Å². The fourth-order valence-electron chi connectivity index (χ4n) is 1.77. The van der Waals surface area contributed by atoms with E-state index in [0.717, 1.165) is 16.7 Å². The van der Waals surface area contributed by atoms with E-state index < -0.39 is 5.91 Å². The molecule has 2 aromatic carbocycles. The molecule has 0 atom stereocenters. The first-order valence-electron chi connectivity index (χ1n) is 6.54. The first kappa shape index (κ1) is 15.4. The molecule has 0 saturated carbocycles. The van der Waals surface area contributed by atoms with Gasteiger partial charge < -0.3 is 15.8 Å². The summed E-state index contributed by atoms with van der Waals surface area (Å²) in [6.45, 7) is 2.69. The van der Waals surface area contributed by atoms with E-state index in [4.69, 9.17) is 10.5 Å². The molecule has 0 spiro atoms. The third-order valence-corrected chi connectivity index (χ3v) is 3.82. The highest BCUT2D eigenvalue weighted by molar-refractivity contribution is 9.10. The van der Waals surface area contributed by atoms with Gasteiger partial charge in [0.15, 0.2) is 6.61 Å². The van der Waals surface area contributed by atoms with E-state index in [9.17, 15) is 4.79 Å². The second-order valence-corrected chi connectivity index (χ2v) is 5.57. The molecule has 5 heteroatoms. The maximum absolute atomic E-state index is 10.6. The summed E-state index contributed by atoms with van der Waals surface area (Å²) in [6.07, 6.45) is 0. The van der Waals surface area contributed by atoms with Crippen molar-refractivity contribution in [3.63, 3.8) is 0 Å². The lowest BCUT2D eigenvalue weighted by atomic mass is 10.1. The summed E-state index contributed by atoms with van der Waals surface area (Å²) in [5.74, 6) is 0.138. The molecule has 21 heavy (non-hydrogen) atoms. The van der Waals surface area contributed by atoms with Gasteiger partial charge in [0.25, 0.3) is 5.91 Å². The fourth-order valence-corrected chi connectivity index (χ4v) is 2.20. The van der Waals surface area contributed by atoms with Crippen LogP contribution in [-0.4, -0.2) is 12.5 Å². The van der Waals surface area contributed by atoms with E-state index >= 15 is 0 Å². The lowest BCUT2D eigenvalue weighted by Gasteiger charge is -2.09. The number of nitrogens with two attached hydrogens (primary N) is 1. The highest BCUT2D eigenvalue weighted by atomic mass is 79.9. The van der Waals surface area contributed by atoms with Crippen LogP contribution in [0.1, 0.15) is 11.1 Å². The van der Waals surface area contributed by atoms with Crippen LogP contribution < -0.4 is 15.8 Å². The van der Waals surface area contributed by atoms with Gasteiger partial charge in [-0.05, 0) is 48.4 Å². The highest BCUT2D eigenvalue weighted by Gasteiger charge is 2.00. The number of hydrogen-bond acceptors (Lipinski definition) is 3. The molecule has 0 unspecified atom stereocenters. The van der Waals surface area contributed by atoms with Gasteiger partial charge in [-0.15, -0.1) is 0 Å². The SMILES string of the molecule is Cc1ccc(CNc2ccc(OCC(N)=O)cc2)cc1Br. The summed E-state index contributed by atoms with van der Waals surface area (Å²) >= 11 is 3.53. The molecule has 2 rings (SSSR count). The normalized spacial score (nSPS) is 10.2. The number of rotatable bonds is 6. The van der Waals surface area contributed by atoms with Crippen molar-refractivity contribution in [1.29, 1.82) is 0 Å². The van der Waals surface area contributed by atoms with Crippen LogP contribution >= 0.6 is 15.9 Å². The minimum atomic E-state index is -0.484. The van der Waals surface area contributed by atoms with Crippen molar-refractivity contribution in [3.05, 3.63) is 58.1 Å². The third-order valence-electron chi connectivity index (χ3n) is 2.97. The number of nitrogens with one attached hydrogen (secondary N) is 1. The molecule has 110 valence electrons. The Balaban J connectivity index is 1.91. The number of hydrogen-bond donors (Lipinski definition) is 2. The van der Waals surface area contributed by atoms with Crippen LogP contribution in [0, 0.1) is 6.92 Å². The molecular formula is C16H17BrN2O2. The van der Waals surface area contributed by atoms with Gasteiger partial charge in [-0.3, -0.25) is 4.79 Å². The van der Waals surface area contributed by atoms with E-state index in [-0.39, 0.29) is 6.61 Å². The Labute approximate surface area is 132 Å². The van der Waals surface area contributed by atoms with E-state index in [1.54, 1.807) is 12.1 Å². The van der Waals surface area contributed by atoms with Crippen molar-refractivity contribution in [2.24, 2.45) is 5.73 Å². The minimum absolute atomic E-state index is 0.107. The van der Waals surface area contributed by atoms with Crippen molar-refractivity contribution in [2.45, 2.75) is 13.5 Å². The lowest BCUT2D eigenvalue weighted by Crippen LogP contribution is -2.19. The quantitative estimate of drug-likeness (QED) is 0.842. The summed E-state index contributed by atoms with van der Waals surface area (Å²) < 4.78 is 6.31. The largest absolute Gasteiger partial charge is 0.484 e. The lowest BCUT2D eigenvalue weighted by molar-refractivity contribution is -0.119. The highest BCUT2D eigenvalue weighted by Crippen LogP contribution is 2.19. The van der Waals surface area contributed by atoms with Gasteiger partial charge in [0, 0.05) is 16.7 Å². The standard InChI is InChI=1S/C16H17BrN2O2/c1-11-2-3-12(8-15(11)17)9-19-13-4-6-14(7-5-13)21-10-16(18)20/h2-8,19H,9-10H2,1H3,(H2,18,20). The predicted octanol–water partition coefficient (Wildman–Crippen LogP) is 3.23. The topological polar surface area (TPSA) is 64.3 Å². The number of carbonyl (C=O) groups excluding carboxylic acids is 1. The average Bonchev–Trinajstić information content (AvgIpc) is 2.47. The number of primary amides is 1. The molecule has 2 aromatic rings. The number of amides is 1. The Morgan fingerprint density at radius 3 is 2.57 bits per heavy atom. The molecule has 1 amide bonds. The van der Waals surface area contributed by atoms with Gasteiger partial charge in [0.1, 0.15) is 5.75 Å². The van der Waals surface area contributed by atoms with Gasteiger partial charge in [-0.25, -0.2) is 0 Å². The van der Waals surface area contributed by atoms with Crippen molar-refractivity contribution in [3.8, 4) is 5.75 Å². The van der Waals surface area contributed by atoms with Crippen LogP contribution in [0.5, 0.6) is 5.75 Å². The van der Waals surface area contributed by atoms with Crippen LogP contribution in [0.2, 0.25) is 0 Å². The van der Waals surface area contributed by atoms with Gasteiger partial charge >= 0.3 is 0 Å². The van der Waals surface area contributed by atoms with Crippen LogP contribution in [0.4, 0.5) is 5.69 Å². The molecule has 0 fully saturated rings. The molecule has 0 aliphatic rings. The Hall–Kier alpha value is -2.01. The van der Waals surface area contributed by atoms with Gasteiger partial charge in [0.05, 0.1) is 0 Å². The van der Waals surface area contributed by atoms with Crippen LogP contribution in [-0.2, 0) is 11.3 Å². The first-order chi connectivity index (χ1) is 10.0. The zero-order valence-electron chi connectivity index (χ0n) is 11.7. The second kappa shape index (κ2) is 7.13. The fraction of sp³-hybridized carbons (Fsp3) is 0.188. The third kappa shape index (κ3) is 4.79. The molecule has 0 heterocycles. The van der Waals surface area contributed by atoms with E-state index in [1.165, 1.54) is 11.1 Å². The molecule has 0 saturated heterocycles. The van der Waals surface area contributed by atoms with Crippen LogP contribution in [0.3, 0.4) is 0 Å². The number of benzene rings is 2. The maximum Gasteiger partial charge on any atom is 0.255 e. The molecule has 0 radical (unpaired) electrons. The van der Waals surface area contributed by atoms with Crippen LogP contribution in [0.15, 0.2) is 46.9 Å². The summed E-state index contributed by atoms with van der Waals surface area (Å²) in [7, 11) is 0. The summed E-state index contributed by atoms with van der Waals surface area (Å²) in [5, 5.41) is 3.33. The van der Waals surface area contributed by atoms with Crippen LogP contribution in [0.25, 0.3) is 0 Å². The smallest absolute Gasteiger partial charge is 0.255 e. The average molecular weight is 349 g/mol. The van der Waals surface area contributed by atoms with Gasteiger partial charge in [-0.2, -0.15) is 0 Å². The Bertz CT molecular complexity index is 627. The second-order valence-electron chi connectivity index (χ2n) is 4.72. The van der Waals surface area contributed by atoms with E-state index in [2.05, 4.69) is 46.4 Å². The number of halogens is 1. The molecule has 0 bridgehead atoms. The Kier molecular flexibility index (Phi) is 5.22. The Morgan fingerprint density at radius 1 is 1.24 bits per heavy atom. The molecule has 4 nitrogen and oxygen atoms in total. The monoisotopic (exact) mass is 348 g/mol. The van der Waals surface area contributed by atoms with Crippen molar-refractivity contribution in [1.82, 2.24) is 0 Å². The van der Waals surface area contributed by atoms with E-state index in [0.29, 0.717) is 5.75 Å². The molecule has 0 aromatic heterocycles. The summed E-state index contributed by atoms with van der Waals surface area (Å²) in [6, 6.07) is 13.7. The van der Waals surface area contributed by atoms with Gasteiger partial charge in [0.2, 0.25) is 0 Å². The first-order valence-corrected chi connectivity index (χ1v) is 7.34. The maximum atomic E-state index is 10.6. The predicted molar refractivity (Wildman–Crippen MR) is 87.3 cm³/mol. The number of anilines is 1. The molecule has 3 N–H and O–H groups in total. The summed E-state index contributed by atoms with van der Waals surface area (Å²) in [4.78, 5) is 10.6. The van der Waals surface area contributed by atoms with E-state index in [1.807, 2.05) is 12.1 Å². The minimum Gasteiger partial charge on any atom is -0.484 e. The van der Waals surface area contributed by atoms with Crippen molar-refractivity contribution in [2.75, 3.05) is 11.9 Å². The zero-order valence-corrected chi connectivity index (χ0v) is 13.3. The summed E-state index contributed by atoms with van der Waals surface area (Å²) in [5.41, 5.74) is 8.42. The number of ether oxygens (including phenoxy) is 1. The zero-order chi connectivity index (χ0) is 15.2. The molecule has 0 aliphatic carbocycles. The Morgan fingerprint density at radius 2 is 1.95 bits per heavy atom. The number of carbonyl (C=O) groups is 1. The molecular weight excluding hydrogens is 332 g/mol. The van der Waals surface area contributed by atoms with Crippen molar-refractivity contribution >= 4 is 27.5 Å².